The Kier molecular flexibility index (Phi) is 16.8. The van der Waals surface area contributed by atoms with Crippen LogP contribution in [0.25, 0.3) is 0 Å². The van der Waals surface area contributed by atoms with Gasteiger partial charge in [0.15, 0.2) is 0 Å². The van der Waals surface area contributed by atoms with Crippen LogP contribution in [0.1, 0.15) is 117 Å². The average Bonchev–Trinajstić information content (AvgIpc) is 2.76. The Bertz CT molecular complexity index is 453. The zero-order valence-electron chi connectivity index (χ0n) is 19.9. The molecule has 0 saturated carbocycles. The van der Waals surface area contributed by atoms with Gasteiger partial charge in [-0.05, 0) is 25.0 Å². The van der Waals surface area contributed by atoms with Gasteiger partial charge in [0.05, 0.1) is 12.8 Å². The molecule has 1 rings (SSSR count). The number of unbranched alkanes of at least 4 members (excludes halogenated alkanes) is 14. The summed E-state index contributed by atoms with van der Waals surface area (Å²) in [6.45, 7) is 6.90. The van der Waals surface area contributed by atoms with Crippen molar-refractivity contribution in [2.45, 2.75) is 117 Å². The van der Waals surface area contributed by atoms with Gasteiger partial charge in [-0.15, -0.1) is 0 Å². The predicted molar refractivity (Wildman–Crippen MR) is 130 cm³/mol. The zero-order chi connectivity index (χ0) is 21.0. The highest BCUT2D eigenvalue weighted by Crippen LogP contribution is 2.28. The van der Waals surface area contributed by atoms with E-state index in [0.717, 1.165) is 18.8 Å². The van der Waals surface area contributed by atoms with Crippen molar-refractivity contribution in [1.29, 1.82) is 0 Å². The Morgan fingerprint density at radius 1 is 0.586 bits per heavy atom. The molecule has 0 aliphatic carbocycles. The third-order valence-electron chi connectivity index (χ3n) is 5.99. The molecule has 0 radical (unpaired) electrons. The zero-order valence-corrected chi connectivity index (χ0v) is 19.9. The molecule has 0 aliphatic rings. The average molecular weight is 404 g/mol. The first-order chi connectivity index (χ1) is 14.3. The Morgan fingerprint density at radius 3 is 1.45 bits per heavy atom. The number of anilines is 1. The van der Waals surface area contributed by atoms with Crippen molar-refractivity contribution in [1.82, 2.24) is 0 Å². The molecule has 0 atom stereocenters. The van der Waals surface area contributed by atoms with E-state index in [1.807, 2.05) is 0 Å². The van der Waals surface area contributed by atoms with Gasteiger partial charge in [-0.1, -0.05) is 116 Å². The van der Waals surface area contributed by atoms with Crippen LogP contribution < -0.4 is 9.64 Å². The van der Waals surface area contributed by atoms with E-state index in [2.05, 4.69) is 43.0 Å². The quantitative estimate of drug-likeness (QED) is 0.202. The normalized spacial score (nSPS) is 11.0. The summed E-state index contributed by atoms with van der Waals surface area (Å²) in [5, 5.41) is 0. The maximum atomic E-state index is 5.65. The van der Waals surface area contributed by atoms with Gasteiger partial charge >= 0.3 is 0 Å². The van der Waals surface area contributed by atoms with E-state index in [0.29, 0.717) is 0 Å². The SMILES string of the molecule is CCCCCCCCCCN(CCCCCCCCCC)c1ccccc1OC. The minimum atomic E-state index is 1.02. The van der Waals surface area contributed by atoms with Crippen LogP contribution in [0.2, 0.25) is 0 Å². The molecule has 29 heavy (non-hydrogen) atoms. The maximum absolute atomic E-state index is 5.65. The van der Waals surface area contributed by atoms with E-state index < -0.39 is 0 Å². The van der Waals surface area contributed by atoms with Crippen molar-refractivity contribution in [2.75, 3.05) is 25.1 Å². The van der Waals surface area contributed by atoms with Crippen LogP contribution in [-0.4, -0.2) is 20.2 Å². The minimum Gasteiger partial charge on any atom is -0.495 e. The van der Waals surface area contributed by atoms with Gasteiger partial charge < -0.3 is 9.64 Å². The highest BCUT2D eigenvalue weighted by Gasteiger charge is 2.11. The van der Waals surface area contributed by atoms with Crippen molar-refractivity contribution < 1.29 is 4.74 Å². The smallest absolute Gasteiger partial charge is 0.142 e. The van der Waals surface area contributed by atoms with Gasteiger partial charge in [0.1, 0.15) is 5.75 Å². The van der Waals surface area contributed by atoms with Crippen LogP contribution in [0.3, 0.4) is 0 Å². The van der Waals surface area contributed by atoms with Crippen molar-refractivity contribution in [3.63, 3.8) is 0 Å². The molecular formula is C27H49NO. The second-order valence-electron chi connectivity index (χ2n) is 8.61. The molecule has 0 N–H and O–H groups in total. The lowest BCUT2D eigenvalue weighted by molar-refractivity contribution is 0.413. The first kappa shape index (κ1) is 25.9. The highest BCUT2D eigenvalue weighted by molar-refractivity contribution is 5.58. The summed E-state index contributed by atoms with van der Waals surface area (Å²) in [5.41, 5.74) is 1.28. The molecule has 1 aromatic rings. The molecule has 0 bridgehead atoms. The Hall–Kier alpha value is -1.18. The Balaban J connectivity index is 2.34. The third-order valence-corrected chi connectivity index (χ3v) is 5.99. The molecule has 0 saturated heterocycles. The fourth-order valence-electron chi connectivity index (χ4n) is 4.12. The second kappa shape index (κ2) is 18.8. The van der Waals surface area contributed by atoms with E-state index in [1.54, 1.807) is 7.11 Å². The second-order valence-corrected chi connectivity index (χ2v) is 8.61. The molecule has 0 aliphatic heterocycles. The summed E-state index contributed by atoms with van der Waals surface area (Å²) in [7, 11) is 1.80. The molecule has 168 valence electrons. The van der Waals surface area contributed by atoms with Gasteiger partial charge in [-0.25, -0.2) is 0 Å². The number of hydrogen-bond acceptors (Lipinski definition) is 2. The summed E-state index contributed by atoms with van der Waals surface area (Å²) >= 11 is 0. The summed E-state index contributed by atoms with van der Waals surface area (Å²) in [6.07, 6.45) is 22.1. The molecule has 0 fully saturated rings. The number of para-hydroxylation sites is 2. The first-order valence-corrected chi connectivity index (χ1v) is 12.7. The van der Waals surface area contributed by atoms with Crippen molar-refractivity contribution in [2.24, 2.45) is 0 Å². The lowest BCUT2D eigenvalue weighted by atomic mass is 10.1. The predicted octanol–water partition coefficient (Wildman–Crippen LogP) is 8.78. The highest BCUT2D eigenvalue weighted by atomic mass is 16.5. The monoisotopic (exact) mass is 403 g/mol. The van der Waals surface area contributed by atoms with Gasteiger partial charge in [0.25, 0.3) is 0 Å². The molecule has 1 aromatic carbocycles. The van der Waals surface area contributed by atoms with Crippen LogP contribution >= 0.6 is 0 Å². The van der Waals surface area contributed by atoms with Crippen LogP contribution in [0.4, 0.5) is 5.69 Å². The van der Waals surface area contributed by atoms with Crippen LogP contribution in [-0.2, 0) is 0 Å². The molecule has 0 aromatic heterocycles. The largest absolute Gasteiger partial charge is 0.495 e. The van der Waals surface area contributed by atoms with E-state index in [-0.39, 0.29) is 0 Å². The molecule has 0 unspecified atom stereocenters. The van der Waals surface area contributed by atoms with Crippen molar-refractivity contribution in [3.8, 4) is 5.75 Å². The number of hydrogen-bond donors (Lipinski definition) is 0. The number of rotatable bonds is 20. The molecule has 0 spiro atoms. The fourth-order valence-corrected chi connectivity index (χ4v) is 4.12. The lowest BCUT2D eigenvalue weighted by Crippen LogP contribution is -2.26. The number of nitrogens with zero attached hydrogens (tertiary/aromatic N) is 1. The van der Waals surface area contributed by atoms with E-state index >= 15 is 0 Å². The summed E-state index contributed by atoms with van der Waals surface area (Å²) in [4.78, 5) is 2.58. The van der Waals surface area contributed by atoms with Crippen LogP contribution in [0, 0.1) is 0 Å². The van der Waals surface area contributed by atoms with Gasteiger partial charge in [0, 0.05) is 13.1 Å². The standard InChI is InChI=1S/C27H49NO/c1-4-6-8-10-12-14-16-20-24-28(26-22-18-19-23-27(26)29-3)25-21-17-15-13-11-9-7-5-2/h18-19,22-23H,4-17,20-21,24-25H2,1-3H3. The molecule has 2 nitrogen and oxygen atoms in total. The first-order valence-electron chi connectivity index (χ1n) is 12.7. The van der Waals surface area contributed by atoms with Gasteiger partial charge in [-0.3, -0.25) is 0 Å². The minimum absolute atomic E-state index is 1.02. The van der Waals surface area contributed by atoms with Gasteiger partial charge in [0.2, 0.25) is 0 Å². The molecule has 0 heterocycles. The van der Waals surface area contributed by atoms with E-state index in [1.165, 1.54) is 108 Å². The number of methoxy groups -OCH3 is 1. The lowest BCUT2D eigenvalue weighted by Gasteiger charge is -2.26. The molecule has 0 amide bonds. The Labute approximate surface area is 182 Å². The molecule has 2 heteroatoms. The van der Waals surface area contributed by atoms with Crippen LogP contribution in [0.15, 0.2) is 24.3 Å². The number of ether oxygens (including phenoxy) is 1. The van der Waals surface area contributed by atoms with Gasteiger partial charge in [-0.2, -0.15) is 0 Å². The molecular weight excluding hydrogens is 354 g/mol. The van der Waals surface area contributed by atoms with Crippen molar-refractivity contribution >= 4 is 5.69 Å². The summed E-state index contributed by atoms with van der Waals surface area (Å²) in [6, 6.07) is 8.55. The van der Waals surface area contributed by atoms with Crippen molar-refractivity contribution in [3.05, 3.63) is 24.3 Å². The summed E-state index contributed by atoms with van der Waals surface area (Å²) < 4.78 is 5.65. The van der Waals surface area contributed by atoms with Crippen LogP contribution in [0.5, 0.6) is 5.75 Å². The van der Waals surface area contributed by atoms with E-state index in [4.69, 9.17) is 4.74 Å². The van der Waals surface area contributed by atoms with E-state index in [9.17, 15) is 0 Å². The topological polar surface area (TPSA) is 12.5 Å². The third kappa shape index (κ3) is 12.9. The number of benzene rings is 1. The maximum Gasteiger partial charge on any atom is 0.142 e. The Morgan fingerprint density at radius 2 is 1.00 bits per heavy atom. The fraction of sp³-hybridized carbons (Fsp3) is 0.778. The summed E-state index contributed by atoms with van der Waals surface area (Å²) in [5.74, 6) is 1.02.